The Balaban J connectivity index is 1.21. The number of benzene rings is 6. The van der Waals surface area contributed by atoms with Gasteiger partial charge in [0.05, 0.1) is 34.1 Å². The molecule has 206 valence electrons. The van der Waals surface area contributed by atoms with E-state index in [0.717, 1.165) is 66.0 Å². The zero-order chi connectivity index (χ0) is 29.6. The van der Waals surface area contributed by atoms with E-state index in [0.29, 0.717) is 17.0 Å². The fourth-order valence-electron chi connectivity index (χ4n) is 6.05. The lowest BCUT2D eigenvalue weighted by Gasteiger charge is -2.09. The topological polar surface area (TPSA) is 78.1 Å². The molecule has 0 aliphatic carbocycles. The van der Waals surface area contributed by atoms with Crippen LogP contribution in [0.4, 0.5) is 5.69 Å². The molecule has 2 aromatic heterocycles. The average Bonchev–Trinajstić information content (AvgIpc) is 3.63. The first-order chi connectivity index (χ1) is 21.7. The van der Waals surface area contributed by atoms with Crippen molar-refractivity contribution < 1.29 is 4.42 Å². The van der Waals surface area contributed by atoms with Gasteiger partial charge in [-0.3, -0.25) is 9.98 Å². The van der Waals surface area contributed by atoms with E-state index in [1.807, 2.05) is 103 Å². The predicted octanol–water partition coefficient (Wildman–Crippen LogP) is 9.86. The number of furan rings is 1. The Morgan fingerprint density at radius 2 is 1.45 bits per heavy atom. The quantitative estimate of drug-likeness (QED) is 0.167. The average molecular weight is 565 g/mol. The molecule has 5 heteroatoms. The Kier molecular flexibility index (Phi) is 5.92. The second-order valence-electron chi connectivity index (χ2n) is 10.7. The van der Waals surface area contributed by atoms with Crippen LogP contribution in [0, 0.1) is 16.7 Å². The molecule has 5 nitrogen and oxygen atoms in total. The van der Waals surface area contributed by atoms with Crippen LogP contribution in [0.3, 0.4) is 0 Å². The fourth-order valence-corrected chi connectivity index (χ4v) is 6.05. The number of hydrogen-bond donors (Lipinski definition) is 1. The van der Waals surface area contributed by atoms with Gasteiger partial charge < -0.3 is 4.42 Å². The van der Waals surface area contributed by atoms with E-state index in [1.165, 1.54) is 0 Å². The molecule has 1 N–H and O–H groups in total. The summed E-state index contributed by atoms with van der Waals surface area (Å²) < 4.78 is 8.53. The number of fused-ring (bicyclic) bond motifs is 7. The summed E-state index contributed by atoms with van der Waals surface area (Å²) >= 11 is 0. The van der Waals surface area contributed by atoms with Crippen LogP contribution in [0.25, 0.3) is 54.9 Å². The summed E-state index contributed by atoms with van der Waals surface area (Å²) in [6.07, 6.45) is 1.84. The molecule has 0 amide bonds. The van der Waals surface area contributed by atoms with Gasteiger partial charge in [-0.1, -0.05) is 97.1 Å². The number of hydrogen-bond acceptors (Lipinski definition) is 4. The van der Waals surface area contributed by atoms with E-state index in [1.54, 1.807) is 6.07 Å². The summed E-state index contributed by atoms with van der Waals surface area (Å²) in [7, 11) is 0. The van der Waals surface area contributed by atoms with E-state index in [2.05, 4.69) is 41.0 Å². The minimum Gasteiger partial charge on any atom is -0.454 e. The lowest BCUT2D eigenvalue weighted by Crippen LogP contribution is -2.02. The van der Waals surface area contributed by atoms with Crippen molar-refractivity contribution in [2.75, 3.05) is 0 Å². The van der Waals surface area contributed by atoms with E-state index in [9.17, 15) is 5.26 Å². The van der Waals surface area contributed by atoms with Crippen molar-refractivity contribution in [3.05, 3.63) is 150 Å². The number of para-hydroxylation sites is 3. The Bertz CT molecular complexity index is 2470. The van der Waals surface area contributed by atoms with Crippen LogP contribution >= 0.6 is 0 Å². The molecule has 0 saturated carbocycles. The summed E-state index contributed by atoms with van der Waals surface area (Å²) in [5.74, 6) is 0. The Morgan fingerprint density at radius 1 is 0.705 bits per heavy atom. The van der Waals surface area contributed by atoms with Gasteiger partial charge in [0.2, 0.25) is 0 Å². The molecular weight excluding hydrogens is 540 g/mol. The highest BCUT2D eigenvalue weighted by atomic mass is 16.3. The van der Waals surface area contributed by atoms with Gasteiger partial charge in [0, 0.05) is 32.7 Å². The highest BCUT2D eigenvalue weighted by molar-refractivity contribution is 6.22. The zero-order valence-electron chi connectivity index (χ0n) is 23.5. The minimum atomic E-state index is 0.386. The summed E-state index contributed by atoms with van der Waals surface area (Å²) in [6, 6.07) is 46.1. The van der Waals surface area contributed by atoms with Crippen LogP contribution in [0.5, 0.6) is 0 Å². The first-order valence-corrected chi connectivity index (χ1v) is 14.4. The molecule has 44 heavy (non-hydrogen) atoms. The number of aromatic nitrogens is 1. The molecule has 8 rings (SSSR count). The highest BCUT2D eigenvalue weighted by Crippen LogP contribution is 2.38. The third kappa shape index (κ3) is 4.09. The smallest absolute Gasteiger partial charge is 0.160 e. The molecule has 0 bridgehead atoms. The summed E-state index contributed by atoms with van der Waals surface area (Å²) in [4.78, 5) is 4.97. The maximum atomic E-state index is 9.27. The van der Waals surface area contributed by atoms with Crippen LogP contribution in [0.2, 0.25) is 0 Å². The molecule has 0 spiro atoms. The molecule has 0 saturated heterocycles. The van der Waals surface area contributed by atoms with Crippen LogP contribution in [0.15, 0.2) is 143 Å². The molecule has 6 aromatic carbocycles. The van der Waals surface area contributed by atoms with Gasteiger partial charge in [-0.2, -0.15) is 5.26 Å². The van der Waals surface area contributed by atoms with Crippen LogP contribution in [-0.2, 0) is 0 Å². The number of nitrogens with one attached hydrogen (secondary N) is 1. The first kappa shape index (κ1) is 25.5. The van der Waals surface area contributed by atoms with Crippen molar-refractivity contribution in [3.63, 3.8) is 0 Å². The fraction of sp³-hybridized carbons (Fsp3) is 0. The second-order valence-corrected chi connectivity index (χ2v) is 10.7. The molecular formula is C39H24N4O. The summed E-state index contributed by atoms with van der Waals surface area (Å²) in [5.41, 5.74) is 8.86. The van der Waals surface area contributed by atoms with E-state index < -0.39 is 0 Å². The highest BCUT2D eigenvalue weighted by Gasteiger charge is 2.17. The Labute approximate surface area is 253 Å². The standard InChI is InChI=1S/C39H24N4O/c40-23-25-8-7-9-28(22-25)26-16-18-27(19-17-26)37(41)33-12-1-4-13-34(33)42-24-43-35-14-5-2-10-29(35)31-20-21-32-30-11-3-6-15-36(30)44-39(32)38(31)43/h1-22,24,41H/b41-37?,42-24+. The van der Waals surface area contributed by atoms with Gasteiger partial charge in [-0.15, -0.1) is 0 Å². The van der Waals surface area contributed by atoms with Crippen molar-refractivity contribution in [2.24, 2.45) is 4.99 Å². The SMILES string of the molecule is N#Cc1cccc(-c2ccc(C(=N)c3ccccc3/N=C/n3c4ccccc4c4ccc5c6ccccc6oc5c43)cc2)c1. The normalized spacial score (nSPS) is 11.6. The van der Waals surface area contributed by atoms with Gasteiger partial charge in [0.1, 0.15) is 11.9 Å². The third-order valence-corrected chi connectivity index (χ3v) is 8.20. The Morgan fingerprint density at radius 3 is 2.32 bits per heavy atom. The van der Waals surface area contributed by atoms with Crippen LogP contribution < -0.4 is 0 Å². The lowest BCUT2D eigenvalue weighted by molar-refractivity contribution is 0.671. The van der Waals surface area contributed by atoms with Gasteiger partial charge >= 0.3 is 0 Å². The molecule has 8 aromatic rings. The Hall–Kier alpha value is -6.25. The van der Waals surface area contributed by atoms with E-state index >= 15 is 0 Å². The van der Waals surface area contributed by atoms with Crippen molar-refractivity contribution in [1.29, 1.82) is 10.7 Å². The van der Waals surface area contributed by atoms with Crippen molar-refractivity contribution in [3.8, 4) is 17.2 Å². The van der Waals surface area contributed by atoms with Crippen molar-refractivity contribution in [2.45, 2.75) is 0 Å². The van der Waals surface area contributed by atoms with Crippen molar-refractivity contribution in [1.82, 2.24) is 4.57 Å². The zero-order valence-corrected chi connectivity index (χ0v) is 23.5. The number of aliphatic imine (C=N–C) groups is 1. The molecule has 2 heterocycles. The molecule has 0 fully saturated rings. The van der Waals surface area contributed by atoms with Gasteiger partial charge in [0.25, 0.3) is 0 Å². The van der Waals surface area contributed by atoms with E-state index in [-0.39, 0.29) is 0 Å². The summed E-state index contributed by atoms with van der Waals surface area (Å²) in [6.45, 7) is 0. The number of nitriles is 1. The van der Waals surface area contributed by atoms with Crippen molar-refractivity contribution >= 4 is 61.5 Å². The molecule has 0 unspecified atom stereocenters. The van der Waals surface area contributed by atoms with Crippen LogP contribution in [-0.4, -0.2) is 16.6 Å². The predicted molar refractivity (Wildman–Crippen MR) is 179 cm³/mol. The number of nitrogens with zero attached hydrogens (tertiary/aromatic N) is 3. The molecule has 0 aliphatic rings. The maximum Gasteiger partial charge on any atom is 0.160 e. The molecule has 0 atom stereocenters. The van der Waals surface area contributed by atoms with Crippen LogP contribution in [0.1, 0.15) is 16.7 Å². The van der Waals surface area contributed by atoms with E-state index in [4.69, 9.17) is 14.8 Å². The van der Waals surface area contributed by atoms with Gasteiger partial charge in [0.15, 0.2) is 5.58 Å². The minimum absolute atomic E-state index is 0.386. The monoisotopic (exact) mass is 564 g/mol. The lowest BCUT2D eigenvalue weighted by atomic mass is 9.97. The molecule has 0 aliphatic heterocycles. The third-order valence-electron chi connectivity index (χ3n) is 8.20. The largest absolute Gasteiger partial charge is 0.454 e. The molecule has 0 radical (unpaired) electrons. The maximum absolute atomic E-state index is 9.27. The first-order valence-electron chi connectivity index (χ1n) is 14.4. The second kappa shape index (κ2) is 10.2. The number of rotatable bonds is 5. The van der Waals surface area contributed by atoms with Gasteiger partial charge in [-0.05, 0) is 47.5 Å². The summed E-state index contributed by atoms with van der Waals surface area (Å²) in [5, 5.41) is 22.7. The van der Waals surface area contributed by atoms with Gasteiger partial charge in [-0.25, -0.2) is 4.99 Å².